The summed E-state index contributed by atoms with van der Waals surface area (Å²) in [7, 11) is 0. The molecule has 0 radical (unpaired) electrons. The Labute approximate surface area is 122 Å². The zero-order chi connectivity index (χ0) is 15.0. The first-order chi connectivity index (χ1) is 9.52. The SMILES string of the molecule is CCCCC(=O)NC1CCN(C(=O)OCC(C)C)CC1. The maximum Gasteiger partial charge on any atom is 0.409 e. The number of hydrogen-bond acceptors (Lipinski definition) is 3. The average Bonchev–Trinajstić information content (AvgIpc) is 2.43. The molecule has 116 valence electrons. The zero-order valence-electron chi connectivity index (χ0n) is 13.0. The van der Waals surface area contributed by atoms with Gasteiger partial charge in [-0.1, -0.05) is 27.2 Å². The third kappa shape index (κ3) is 6.26. The molecule has 0 atom stereocenters. The van der Waals surface area contributed by atoms with Crippen LogP contribution in [-0.2, 0) is 9.53 Å². The highest BCUT2D eigenvalue weighted by Gasteiger charge is 2.24. The van der Waals surface area contributed by atoms with E-state index in [9.17, 15) is 9.59 Å². The molecule has 20 heavy (non-hydrogen) atoms. The lowest BCUT2D eigenvalue weighted by atomic mass is 10.1. The Morgan fingerprint density at radius 1 is 1.30 bits per heavy atom. The molecule has 0 aromatic carbocycles. The summed E-state index contributed by atoms with van der Waals surface area (Å²) in [5.41, 5.74) is 0. The standard InChI is InChI=1S/C15H28N2O3/c1-4-5-6-14(18)16-13-7-9-17(10-8-13)15(19)20-11-12(2)3/h12-13H,4-11H2,1-3H3,(H,16,18). The second-order valence-electron chi connectivity index (χ2n) is 5.90. The highest BCUT2D eigenvalue weighted by molar-refractivity contribution is 5.76. The summed E-state index contributed by atoms with van der Waals surface area (Å²) in [5.74, 6) is 0.488. The van der Waals surface area contributed by atoms with Crippen LogP contribution in [0.5, 0.6) is 0 Å². The summed E-state index contributed by atoms with van der Waals surface area (Å²) in [6, 6.07) is 0.202. The minimum absolute atomic E-state index is 0.132. The lowest BCUT2D eigenvalue weighted by Gasteiger charge is -2.31. The van der Waals surface area contributed by atoms with Crippen molar-refractivity contribution < 1.29 is 14.3 Å². The fourth-order valence-corrected chi connectivity index (χ4v) is 2.17. The monoisotopic (exact) mass is 284 g/mol. The Morgan fingerprint density at radius 2 is 1.95 bits per heavy atom. The van der Waals surface area contributed by atoms with Crippen molar-refractivity contribution in [3.8, 4) is 0 Å². The molecule has 2 amide bonds. The van der Waals surface area contributed by atoms with Gasteiger partial charge in [-0.3, -0.25) is 4.79 Å². The molecule has 0 aliphatic carbocycles. The number of likely N-dealkylation sites (tertiary alicyclic amines) is 1. The molecular weight excluding hydrogens is 256 g/mol. The molecule has 0 aromatic rings. The number of rotatable bonds is 6. The molecule has 1 fully saturated rings. The van der Waals surface area contributed by atoms with Crippen molar-refractivity contribution in [1.29, 1.82) is 0 Å². The van der Waals surface area contributed by atoms with E-state index < -0.39 is 0 Å². The molecule has 0 spiro atoms. The molecule has 5 nitrogen and oxygen atoms in total. The van der Waals surface area contributed by atoms with Crippen LogP contribution in [0.3, 0.4) is 0 Å². The summed E-state index contributed by atoms with van der Waals surface area (Å²) < 4.78 is 5.21. The molecule has 1 aliphatic heterocycles. The topological polar surface area (TPSA) is 58.6 Å². The van der Waals surface area contributed by atoms with Gasteiger partial charge in [-0.15, -0.1) is 0 Å². The Kier molecular flexibility index (Phi) is 7.41. The van der Waals surface area contributed by atoms with Crippen LogP contribution in [0, 0.1) is 5.92 Å². The molecule has 1 rings (SSSR count). The molecule has 1 heterocycles. The molecule has 1 aliphatic rings. The normalized spacial score (nSPS) is 16.3. The van der Waals surface area contributed by atoms with E-state index in [0.717, 1.165) is 25.7 Å². The number of unbranched alkanes of at least 4 members (excludes halogenated alkanes) is 1. The predicted molar refractivity (Wildman–Crippen MR) is 78.4 cm³/mol. The van der Waals surface area contributed by atoms with Crippen LogP contribution in [0.4, 0.5) is 4.79 Å². The number of nitrogens with zero attached hydrogens (tertiary/aromatic N) is 1. The van der Waals surface area contributed by atoms with Gasteiger partial charge < -0.3 is 15.0 Å². The number of carbonyl (C=O) groups is 2. The molecule has 0 aromatic heterocycles. The van der Waals surface area contributed by atoms with Gasteiger partial charge in [-0.05, 0) is 25.2 Å². The summed E-state index contributed by atoms with van der Waals surface area (Å²) in [6.45, 7) is 7.91. The number of ether oxygens (including phenoxy) is 1. The summed E-state index contributed by atoms with van der Waals surface area (Å²) in [5, 5.41) is 3.05. The Balaban J connectivity index is 2.22. The van der Waals surface area contributed by atoms with Gasteiger partial charge in [-0.25, -0.2) is 4.79 Å². The molecular formula is C15H28N2O3. The first kappa shape index (κ1) is 16.8. The van der Waals surface area contributed by atoms with E-state index in [1.165, 1.54) is 0 Å². The van der Waals surface area contributed by atoms with E-state index >= 15 is 0 Å². The maximum atomic E-state index is 11.8. The quantitative estimate of drug-likeness (QED) is 0.815. The lowest BCUT2D eigenvalue weighted by molar-refractivity contribution is -0.122. The average molecular weight is 284 g/mol. The minimum atomic E-state index is -0.227. The van der Waals surface area contributed by atoms with E-state index in [1.807, 2.05) is 13.8 Å². The van der Waals surface area contributed by atoms with Crippen LogP contribution < -0.4 is 5.32 Å². The number of nitrogens with one attached hydrogen (secondary N) is 1. The van der Waals surface area contributed by atoms with Crippen LogP contribution in [0.25, 0.3) is 0 Å². The van der Waals surface area contributed by atoms with Gasteiger partial charge in [0.25, 0.3) is 0 Å². The van der Waals surface area contributed by atoms with Gasteiger partial charge >= 0.3 is 6.09 Å². The molecule has 0 unspecified atom stereocenters. The molecule has 0 bridgehead atoms. The van der Waals surface area contributed by atoms with Crippen LogP contribution in [0.15, 0.2) is 0 Å². The summed E-state index contributed by atoms with van der Waals surface area (Å²) >= 11 is 0. The van der Waals surface area contributed by atoms with Crippen molar-refractivity contribution in [3.05, 3.63) is 0 Å². The zero-order valence-corrected chi connectivity index (χ0v) is 13.0. The van der Waals surface area contributed by atoms with Crippen LogP contribution in [0.1, 0.15) is 52.9 Å². The van der Waals surface area contributed by atoms with E-state index in [4.69, 9.17) is 4.74 Å². The fraction of sp³-hybridized carbons (Fsp3) is 0.867. The highest BCUT2D eigenvalue weighted by atomic mass is 16.6. The largest absolute Gasteiger partial charge is 0.449 e. The number of amides is 2. The molecule has 1 N–H and O–H groups in total. The second-order valence-corrected chi connectivity index (χ2v) is 5.90. The van der Waals surface area contributed by atoms with Gasteiger partial charge in [-0.2, -0.15) is 0 Å². The highest BCUT2D eigenvalue weighted by Crippen LogP contribution is 2.12. The van der Waals surface area contributed by atoms with Gasteiger partial charge in [0.15, 0.2) is 0 Å². The third-order valence-corrected chi connectivity index (χ3v) is 3.42. The van der Waals surface area contributed by atoms with Gasteiger partial charge in [0.05, 0.1) is 6.61 Å². The Bertz CT molecular complexity index is 310. The van der Waals surface area contributed by atoms with E-state index in [2.05, 4.69) is 12.2 Å². The van der Waals surface area contributed by atoms with Crippen LogP contribution in [-0.4, -0.2) is 42.6 Å². The van der Waals surface area contributed by atoms with E-state index in [0.29, 0.717) is 32.0 Å². The Morgan fingerprint density at radius 3 is 2.50 bits per heavy atom. The second kappa shape index (κ2) is 8.82. The van der Waals surface area contributed by atoms with Crippen LogP contribution in [0.2, 0.25) is 0 Å². The summed E-state index contributed by atoms with van der Waals surface area (Å²) in [4.78, 5) is 25.2. The van der Waals surface area contributed by atoms with Crippen molar-refractivity contribution in [2.75, 3.05) is 19.7 Å². The van der Waals surface area contributed by atoms with Crippen LogP contribution >= 0.6 is 0 Å². The Hall–Kier alpha value is -1.26. The van der Waals surface area contributed by atoms with E-state index in [1.54, 1.807) is 4.90 Å². The number of hydrogen-bond donors (Lipinski definition) is 1. The van der Waals surface area contributed by atoms with Crippen molar-refractivity contribution in [1.82, 2.24) is 10.2 Å². The minimum Gasteiger partial charge on any atom is -0.449 e. The lowest BCUT2D eigenvalue weighted by Crippen LogP contribution is -2.46. The third-order valence-electron chi connectivity index (χ3n) is 3.42. The molecule has 1 saturated heterocycles. The summed E-state index contributed by atoms with van der Waals surface area (Å²) in [6.07, 6.45) is 3.98. The van der Waals surface area contributed by atoms with Gasteiger partial charge in [0.1, 0.15) is 0 Å². The first-order valence-electron chi connectivity index (χ1n) is 7.74. The number of carbonyl (C=O) groups excluding carboxylic acids is 2. The predicted octanol–water partition coefficient (Wildman–Crippen LogP) is 2.55. The fourth-order valence-electron chi connectivity index (χ4n) is 2.17. The number of piperidine rings is 1. The molecule has 0 saturated carbocycles. The van der Waals surface area contributed by atoms with Gasteiger partial charge in [0, 0.05) is 25.6 Å². The smallest absolute Gasteiger partial charge is 0.409 e. The van der Waals surface area contributed by atoms with E-state index in [-0.39, 0.29) is 18.0 Å². The van der Waals surface area contributed by atoms with Crippen molar-refractivity contribution in [3.63, 3.8) is 0 Å². The van der Waals surface area contributed by atoms with Crippen molar-refractivity contribution >= 4 is 12.0 Å². The van der Waals surface area contributed by atoms with Gasteiger partial charge in [0.2, 0.25) is 5.91 Å². The first-order valence-corrected chi connectivity index (χ1v) is 7.74. The van der Waals surface area contributed by atoms with Crippen molar-refractivity contribution in [2.45, 2.75) is 58.9 Å². The maximum absolute atomic E-state index is 11.8. The van der Waals surface area contributed by atoms with Crippen molar-refractivity contribution in [2.24, 2.45) is 5.92 Å². The molecule has 5 heteroatoms.